The molecule has 0 fully saturated rings. The van der Waals surface area contributed by atoms with Crippen LogP contribution in [0.4, 0.5) is 0 Å². The van der Waals surface area contributed by atoms with Gasteiger partial charge in [0.1, 0.15) is 19.3 Å². The molecule has 0 aliphatic heterocycles. The number of hydrogen-bond donors (Lipinski definition) is 3. The number of unbranched alkanes of at least 4 members (excludes halogenated alkanes) is 50. The number of carbonyl (C=O) groups is 4. The molecule has 0 aliphatic rings. The van der Waals surface area contributed by atoms with E-state index in [-0.39, 0.29) is 25.7 Å². The van der Waals surface area contributed by atoms with Gasteiger partial charge in [-0.3, -0.25) is 37.3 Å². The van der Waals surface area contributed by atoms with Crippen molar-refractivity contribution in [2.75, 3.05) is 39.6 Å². The summed E-state index contributed by atoms with van der Waals surface area (Å²) in [4.78, 5) is 73.2. The third kappa shape index (κ3) is 77.2. The highest BCUT2D eigenvalue weighted by Gasteiger charge is 2.30. The smallest absolute Gasteiger partial charge is 0.462 e. The van der Waals surface area contributed by atoms with Crippen LogP contribution in [-0.2, 0) is 65.4 Å². The predicted octanol–water partition coefficient (Wildman–Crippen LogP) is 26.1. The maximum absolute atomic E-state index is 13.1. The van der Waals surface area contributed by atoms with Crippen molar-refractivity contribution in [2.45, 2.75) is 471 Å². The summed E-state index contributed by atoms with van der Waals surface area (Å²) in [7, 11) is -9.93. The third-order valence-corrected chi connectivity index (χ3v) is 22.8. The van der Waals surface area contributed by atoms with E-state index in [9.17, 15) is 43.2 Å². The Hall–Kier alpha value is -1.94. The molecular formula is C86H168O17P2. The molecular weight excluding hydrogens is 1370 g/mol. The second-order valence-corrected chi connectivity index (χ2v) is 34.8. The average molecular weight is 1540 g/mol. The van der Waals surface area contributed by atoms with Crippen molar-refractivity contribution in [1.29, 1.82) is 0 Å². The van der Waals surface area contributed by atoms with Crippen molar-refractivity contribution in [3.8, 4) is 0 Å². The van der Waals surface area contributed by atoms with Gasteiger partial charge in [-0.15, -0.1) is 0 Å². The number of esters is 4. The quantitative estimate of drug-likeness (QED) is 0.0222. The van der Waals surface area contributed by atoms with Crippen molar-refractivity contribution in [3.63, 3.8) is 0 Å². The molecule has 0 rings (SSSR count). The molecule has 0 aromatic carbocycles. The Balaban J connectivity index is 5.24. The van der Waals surface area contributed by atoms with Gasteiger partial charge in [0.15, 0.2) is 12.2 Å². The fourth-order valence-corrected chi connectivity index (χ4v) is 14.9. The lowest BCUT2D eigenvalue weighted by Gasteiger charge is -2.21. The molecule has 3 N–H and O–H groups in total. The summed E-state index contributed by atoms with van der Waals surface area (Å²) in [5, 5.41) is 10.7. The van der Waals surface area contributed by atoms with E-state index in [1.807, 2.05) is 0 Å². The molecule has 0 aromatic rings. The molecule has 624 valence electrons. The normalized spacial score (nSPS) is 14.4. The Morgan fingerprint density at radius 3 is 0.724 bits per heavy atom. The molecule has 0 amide bonds. The Kier molecular flexibility index (Phi) is 74.7. The number of rotatable bonds is 84. The molecule has 105 heavy (non-hydrogen) atoms. The van der Waals surface area contributed by atoms with Crippen LogP contribution in [0.1, 0.15) is 453 Å². The summed E-state index contributed by atoms with van der Waals surface area (Å²) < 4.78 is 68.9. The molecule has 0 spiro atoms. The van der Waals surface area contributed by atoms with E-state index in [2.05, 4.69) is 48.5 Å². The molecule has 17 nitrogen and oxygen atoms in total. The van der Waals surface area contributed by atoms with Gasteiger partial charge >= 0.3 is 39.5 Å². The first-order valence-electron chi connectivity index (χ1n) is 44.4. The SMILES string of the molecule is CCCCCCCCCCCCCCCCCCCCCC(=O)O[C@H](COC(=O)CCCCCCCCCCCCCCCCC(C)CC)COP(=O)(O)OC[C@@H](O)COP(=O)(O)OC[C@@H](COC(=O)CCCCCCCCCC(C)C)OC(=O)CCCCCCCCCCCCCCCCC(C)CC. The molecule has 0 aliphatic carbocycles. The first-order valence-corrected chi connectivity index (χ1v) is 47.4. The Bertz CT molecular complexity index is 2030. The lowest BCUT2D eigenvalue weighted by atomic mass is 9.99. The molecule has 4 unspecified atom stereocenters. The molecule has 7 atom stereocenters. The Morgan fingerprint density at radius 1 is 0.276 bits per heavy atom. The minimum absolute atomic E-state index is 0.107. The van der Waals surface area contributed by atoms with Gasteiger partial charge < -0.3 is 33.8 Å². The van der Waals surface area contributed by atoms with Gasteiger partial charge in [-0.1, -0.05) is 402 Å². The largest absolute Gasteiger partial charge is 0.472 e. The zero-order valence-corrected chi connectivity index (χ0v) is 71.0. The first kappa shape index (κ1) is 103. The highest BCUT2D eigenvalue weighted by Crippen LogP contribution is 2.45. The highest BCUT2D eigenvalue weighted by molar-refractivity contribution is 7.47. The maximum atomic E-state index is 13.1. The zero-order chi connectivity index (χ0) is 77.2. The summed E-state index contributed by atoms with van der Waals surface area (Å²) in [6, 6.07) is 0. The monoisotopic (exact) mass is 1540 g/mol. The second kappa shape index (κ2) is 76.1. The van der Waals surface area contributed by atoms with Gasteiger partial charge in [0.25, 0.3) is 0 Å². The van der Waals surface area contributed by atoms with Gasteiger partial charge in [-0.2, -0.15) is 0 Å². The standard InChI is InChI=1S/C86H168O17P2/c1-8-11-12-13-14-15-16-17-18-19-20-21-22-30-35-40-47-55-62-69-85(90)102-81(73-96-83(88)67-60-53-46-39-34-29-25-23-27-32-37-44-51-58-65-78(6)9-2)75-100-104(92,93)98-71-80(87)72-99-105(94,95)101-76-82(74-97-84(89)68-61-54-49-42-43-50-57-64-77(4)5)103-86(91)70-63-56-48-41-36-31-26-24-28-33-38-45-52-59-66-79(7)10-3/h77-82,87H,8-76H2,1-7H3,(H,92,93)(H,94,95)/t78?,79?,80-,81-,82-/m1/s1. The summed E-state index contributed by atoms with van der Waals surface area (Å²) in [6.45, 7) is 12.0. The van der Waals surface area contributed by atoms with E-state index in [0.29, 0.717) is 31.6 Å². The van der Waals surface area contributed by atoms with Crippen molar-refractivity contribution >= 4 is 39.5 Å². The summed E-state index contributed by atoms with van der Waals surface area (Å²) in [5.41, 5.74) is 0. The fraction of sp³-hybridized carbons (Fsp3) is 0.953. The maximum Gasteiger partial charge on any atom is 0.472 e. The van der Waals surface area contributed by atoms with Crippen LogP contribution in [0.2, 0.25) is 0 Å². The number of aliphatic hydroxyl groups excluding tert-OH is 1. The molecule has 0 saturated carbocycles. The van der Waals surface area contributed by atoms with Gasteiger partial charge in [0.05, 0.1) is 26.4 Å². The van der Waals surface area contributed by atoms with Crippen LogP contribution in [0.15, 0.2) is 0 Å². The van der Waals surface area contributed by atoms with Gasteiger partial charge in [0, 0.05) is 25.7 Å². The lowest BCUT2D eigenvalue weighted by molar-refractivity contribution is -0.161. The van der Waals surface area contributed by atoms with Crippen LogP contribution >= 0.6 is 15.6 Å². The van der Waals surface area contributed by atoms with Crippen LogP contribution in [0, 0.1) is 17.8 Å². The van der Waals surface area contributed by atoms with E-state index in [4.69, 9.17) is 37.0 Å². The number of ether oxygens (including phenoxy) is 4. The van der Waals surface area contributed by atoms with Crippen LogP contribution in [0.3, 0.4) is 0 Å². The number of carbonyl (C=O) groups excluding carboxylic acids is 4. The van der Waals surface area contributed by atoms with Crippen LogP contribution in [0.5, 0.6) is 0 Å². The summed E-state index contributed by atoms with van der Waals surface area (Å²) >= 11 is 0. The molecule has 0 heterocycles. The number of hydrogen-bond acceptors (Lipinski definition) is 15. The topological polar surface area (TPSA) is 237 Å². The van der Waals surface area contributed by atoms with Crippen molar-refractivity contribution in [2.24, 2.45) is 17.8 Å². The molecule has 19 heteroatoms. The minimum Gasteiger partial charge on any atom is -0.462 e. The third-order valence-electron chi connectivity index (χ3n) is 20.9. The number of aliphatic hydroxyl groups is 1. The molecule has 0 aromatic heterocycles. The molecule has 0 radical (unpaired) electrons. The fourth-order valence-electron chi connectivity index (χ4n) is 13.3. The number of phosphoric acid groups is 2. The molecule has 0 bridgehead atoms. The predicted molar refractivity (Wildman–Crippen MR) is 432 cm³/mol. The van der Waals surface area contributed by atoms with Crippen LogP contribution in [-0.4, -0.2) is 96.7 Å². The summed E-state index contributed by atoms with van der Waals surface area (Å²) in [5.74, 6) is 0.296. The summed E-state index contributed by atoms with van der Waals surface area (Å²) in [6.07, 6.45) is 66.6. The minimum atomic E-state index is -4.97. The van der Waals surface area contributed by atoms with E-state index in [1.54, 1.807) is 0 Å². The van der Waals surface area contributed by atoms with Crippen molar-refractivity contribution < 1.29 is 80.2 Å². The Morgan fingerprint density at radius 2 is 0.486 bits per heavy atom. The highest BCUT2D eigenvalue weighted by atomic mass is 31.2. The van der Waals surface area contributed by atoms with Crippen molar-refractivity contribution in [3.05, 3.63) is 0 Å². The Labute approximate surface area is 645 Å². The second-order valence-electron chi connectivity index (χ2n) is 31.9. The van der Waals surface area contributed by atoms with Gasteiger partial charge in [-0.05, 0) is 43.4 Å². The van der Waals surface area contributed by atoms with E-state index < -0.39 is 97.5 Å². The lowest BCUT2D eigenvalue weighted by Crippen LogP contribution is -2.30. The number of phosphoric ester groups is 2. The van der Waals surface area contributed by atoms with Crippen LogP contribution in [0.25, 0.3) is 0 Å². The first-order chi connectivity index (χ1) is 50.8. The van der Waals surface area contributed by atoms with Crippen molar-refractivity contribution in [1.82, 2.24) is 0 Å². The van der Waals surface area contributed by atoms with Gasteiger partial charge in [-0.25, -0.2) is 9.13 Å². The van der Waals surface area contributed by atoms with Gasteiger partial charge in [0.2, 0.25) is 0 Å². The van der Waals surface area contributed by atoms with E-state index >= 15 is 0 Å². The molecule has 0 saturated heterocycles. The van der Waals surface area contributed by atoms with E-state index in [0.717, 1.165) is 108 Å². The van der Waals surface area contributed by atoms with Crippen LogP contribution < -0.4 is 0 Å². The zero-order valence-electron chi connectivity index (χ0n) is 69.2. The van der Waals surface area contributed by atoms with E-state index in [1.165, 1.54) is 257 Å². The average Bonchev–Trinajstić information content (AvgIpc) is 0.926.